The van der Waals surface area contributed by atoms with Gasteiger partial charge in [0.05, 0.1) is 32.7 Å². The van der Waals surface area contributed by atoms with Crippen LogP contribution in [0.3, 0.4) is 0 Å². The Morgan fingerprint density at radius 1 is 0.448 bits per heavy atom. The fourth-order valence-electron chi connectivity index (χ4n) is 2.22. The molecule has 167 valence electrons. The third-order valence-corrected chi connectivity index (χ3v) is 3.26. The summed E-state index contributed by atoms with van der Waals surface area (Å²) < 4.78 is 0. The van der Waals surface area contributed by atoms with Crippen LogP contribution in [0, 0.1) is 0 Å². The van der Waals surface area contributed by atoms with Gasteiger partial charge in [-0.1, -0.05) is 0 Å². The van der Waals surface area contributed by atoms with Crippen molar-refractivity contribution in [2.45, 2.75) is 0 Å². The summed E-state index contributed by atoms with van der Waals surface area (Å²) in [4.78, 5) is 57.6. The fourth-order valence-corrected chi connectivity index (χ4v) is 2.22. The molecule has 0 saturated heterocycles. The van der Waals surface area contributed by atoms with Crippen molar-refractivity contribution < 1.29 is 69.0 Å². The molecule has 5 N–H and O–H groups in total. The maximum atomic E-state index is 11.0. The van der Waals surface area contributed by atoms with Crippen molar-refractivity contribution in [1.29, 1.82) is 0 Å². The summed E-state index contributed by atoms with van der Waals surface area (Å²) in [6.45, 7) is -2.74. The Bertz CT molecular complexity index is 494. The smallest absolute Gasteiger partial charge is 0.480 e. The van der Waals surface area contributed by atoms with E-state index in [9.17, 15) is 24.0 Å². The van der Waals surface area contributed by atoms with E-state index in [0.717, 1.165) is 9.80 Å². The van der Waals surface area contributed by atoms with Crippen molar-refractivity contribution >= 4 is 42.3 Å². The summed E-state index contributed by atoms with van der Waals surface area (Å²) in [6, 6.07) is 0. The molecule has 0 spiro atoms. The third-order valence-electron chi connectivity index (χ3n) is 3.26. The number of aliphatic carboxylic acids is 5. The number of hydrogen-bond donors (Lipinski definition) is 5. The first kappa shape index (κ1) is 31.8. The first-order valence-corrected chi connectivity index (χ1v) is 7.75. The second-order valence-electron chi connectivity index (χ2n) is 5.67. The van der Waals surface area contributed by atoms with Crippen molar-refractivity contribution in [2.24, 2.45) is 0 Å². The fraction of sp³-hybridized carbons (Fsp3) is 0.643. The number of nitrogens with zero attached hydrogens (tertiary/aromatic N) is 3. The maximum Gasteiger partial charge on any atom is 3.00 e. The molecule has 0 unspecified atom stereocenters. The Kier molecular flexibility index (Phi) is 18.7. The topological polar surface area (TPSA) is 196 Å². The molecule has 0 aliphatic carbocycles. The van der Waals surface area contributed by atoms with E-state index in [-0.39, 0.29) is 58.1 Å². The Balaban J connectivity index is -0.00000338. The van der Waals surface area contributed by atoms with Gasteiger partial charge in [-0.25, -0.2) is 0 Å². The van der Waals surface area contributed by atoms with Crippen LogP contribution in [0.1, 0.15) is 0 Å². The SMILES string of the molecule is Cl.O=C(O)CN(CCN(CC(=O)O)CC(=O)O)CCN(CC(=O)O)CC(=O)O.[Ru+3]. The molecule has 15 heteroatoms. The molecule has 1 radical (unpaired) electrons. The van der Waals surface area contributed by atoms with Gasteiger partial charge in [-0.05, 0) is 0 Å². The maximum absolute atomic E-state index is 11.0. The summed E-state index contributed by atoms with van der Waals surface area (Å²) in [5.74, 6) is -6.16. The van der Waals surface area contributed by atoms with E-state index < -0.39 is 62.6 Å². The number of carboxylic acid groups (broad SMARTS) is 5. The van der Waals surface area contributed by atoms with Crippen LogP contribution in [0.5, 0.6) is 0 Å². The quantitative estimate of drug-likeness (QED) is 0.134. The summed E-state index contributed by atoms with van der Waals surface area (Å²) in [7, 11) is 0. The van der Waals surface area contributed by atoms with Gasteiger partial charge in [0.25, 0.3) is 0 Å². The second-order valence-corrected chi connectivity index (χ2v) is 5.67. The average molecular weight is 531 g/mol. The van der Waals surface area contributed by atoms with Gasteiger partial charge in [0.1, 0.15) is 0 Å². The van der Waals surface area contributed by atoms with Crippen molar-refractivity contribution in [3.05, 3.63) is 0 Å². The first-order chi connectivity index (χ1) is 12.5. The van der Waals surface area contributed by atoms with Crippen LogP contribution in [-0.4, -0.2) is 129 Å². The molecule has 0 atom stereocenters. The monoisotopic (exact) mass is 531 g/mol. The van der Waals surface area contributed by atoms with E-state index in [2.05, 4.69) is 0 Å². The minimum absolute atomic E-state index is 0. The minimum Gasteiger partial charge on any atom is -0.480 e. The van der Waals surface area contributed by atoms with E-state index in [1.165, 1.54) is 4.90 Å². The first-order valence-electron chi connectivity index (χ1n) is 7.75. The number of carboxylic acids is 5. The van der Waals surface area contributed by atoms with Gasteiger partial charge in [0, 0.05) is 26.2 Å². The van der Waals surface area contributed by atoms with Gasteiger partial charge in [0.15, 0.2) is 0 Å². The molecule has 0 bridgehead atoms. The Morgan fingerprint density at radius 3 is 0.828 bits per heavy atom. The second kappa shape index (κ2) is 17.0. The predicted molar refractivity (Wildman–Crippen MR) is 94.7 cm³/mol. The molecule has 0 saturated carbocycles. The molecule has 0 aliphatic heterocycles. The molecule has 0 fully saturated rings. The van der Waals surface area contributed by atoms with E-state index in [1.54, 1.807) is 0 Å². The van der Waals surface area contributed by atoms with Crippen molar-refractivity contribution in [3.63, 3.8) is 0 Å². The molecule has 0 amide bonds. The van der Waals surface area contributed by atoms with Crippen LogP contribution >= 0.6 is 12.4 Å². The Labute approximate surface area is 185 Å². The number of halogens is 1. The van der Waals surface area contributed by atoms with Gasteiger partial charge in [-0.15, -0.1) is 12.4 Å². The predicted octanol–water partition coefficient (Wildman–Crippen LogP) is -2.27. The van der Waals surface area contributed by atoms with Crippen LogP contribution < -0.4 is 0 Å². The standard InChI is InChI=1S/C14H23N3O10.ClH.Ru/c18-10(19)5-15(1-3-16(6-11(20)21)7-12(22)23)2-4-17(8-13(24)25)9-14(26)27;;/h1-9H2,(H,18,19)(H,20,21)(H,22,23)(H,24,25)(H,26,27);1H;/q;;+3. The minimum atomic E-state index is -1.24. The van der Waals surface area contributed by atoms with E-state index in [4.69, 9.17) is 25.5 Å². The van der Waals surface area contributed by atoms with Crippen LogP contribution in [0.2, 0.25) is 0 Å². The van der Waals surface area contributed by atoms with Crippen molar-refractivity contribution in [1.82, 2.24) is 14.7 Å². The van der Waals surface area contributed by atoms with Crippen molar-refractivity contribution in [3.8, 4) is 0 Å². The number of carbonyl (C=O) groups is 5. The zero-order valence-corrected chi connectivity index (χ0v) is 17.8. The zero-order chi connectivity index (χ0) is 21.0. The molecule has 0 aromatic heterocycles. The molecule has 0 heterocycles. The van der Waals surface area contributed by atoms with Crippen LogP contribution in [0.15, 0.2) is 0 Å². The molecular weight excluding hydrogens is 507 g/mol. The molecule has 0 rings (SSSR count). The van der Waals surface area contributed by atoms with E-state index in [1.807, 2.05) is 0 Å². The number of rotatable bonds is 16. The molecule has 29 heavy (non-hydrogen) atoms. The number of hydrogen-bond acceptors (Lipinski definition) is 8. The molecular formula is C14H24ClN3O10Ru+3. The van der Waals surface area contributed by atoms with Gasteiger partial charge in [-0.3, -0.25) is 38.7 Å². The van der Waals surface area contributed by atoms with Crippen LogP contribution in [0.25, 0.3) is 0 Å². The molecule has 0 aromatic carbocycles. The van der Waals surface area contributed by atoms with E-state index in [0.29, 0.717) is 0 Å². The summed E-state index contributed by atoms with van der Waals surface area (Å²) in [5.41, 5.74) is 0. The van der Waals surface area contributed by atoms with E-state index >= 15 is 0 Å². The Morgan fingerprint density at radius 2 is 0.621 bits per heavy atom. The summed E-state index contributed by atoms with van der Waals surface area (Å²) in [6.07, 6.45) is 0. The van der Waals surface area contributed by atoms with Gasteiger partial charge >= 0.3 is 49.3 Å². The van der Waals surface area contributed by atoms with Gasteiger partial charge < -0.3 is 25.5 Å². The third kappa shape index (κ3) is 19.2. The average Bonchev–Trinajstić information content (AvgIpc) is 2.46. The normalized spacial score (nSPS) is 10.3. The largest absolute Gasteiger partial charge is 3.00 e. The van der Waals surface area contributed by atoms with Crippen LogP contribution in [-0.2, 0) is 43.5 Å². The van der Waals surface area contributed by atoms with Crippen LogP contribution in [0.4, 0.5) is 0 Å². The summed E-state index contributed by atoms with van der Waals surface area (Å²) in [5, 5.41) is 44.1. The molecule has 13 nitrogen and oxygen atoms in total. The molecule has 0 aromatic rings. The Hall–Kier alpha value is -1.86. The summed E-state index contributed by atoms with van der Waals surface area (Å²) >= 11 is 0. The zero-order valence-electron chi connectivity index (χ0n) is 15.2. The molecule has 0 aliphatic rings. The van der Waals surface area contributed by atoms with Gasteiger partial charge in [-0.2, -0.15) is 0 Å². The van der Waals surface area contributed by atoms with Gasteiger partial charge in [0.2, 0.25) is 0 Å². The van der Waals surface area contributed by atoms with Crippen molar-refractivity contribution in [2.75, 3.05) is 58.9 Å².